The smallest absolute Gasteiger partial charge is 0.263 e. The van der Waals surface area contributed by atoms with E-state index in [9.17, 15) is 4.79 Å². The van der Waals surface area contributed by atoms with Gasteiger partial charge in [-0.2, -0.15) is 0 Å². The van der Waals surface area contributed by atoms with Crippen LogP contribution >= 0.6 is 22.9 Å². The third-order valence-corrected chi connectivity index (χ3v) is 5.01. The molecule has 4 rings (SSSR count). The predicted molar refractivity (Wildman–Crippen MR) is 105 cm³/mol. The van der Waals surface area contributed by atoms with Gasteiger partial charge in [0.1, 0.15) is 17.0 Å². The van der Waals surface area contributed by atoms with E-state index >= 15 is 0 Å². The van der Waals surface area contributed by atoms with E-state index in [1.54, 1.807) is 31.5 Å². The van der Waals surface area contributed by atoms with E-state index in [0.29, 0.717) is 32.7 Å². The van der Waals surface area contributed by atoms with E-state index in [1.807, 2.05) is 29.6 Å². The van der Waals surface area contributed by atoms with Crippen LogP contribution in [0.1, 0.15) is 16.1 Å². The summed E-state index contributed by atoms with van der Waals surface area (Å²) in [5.74, 6) is 0.0626. The summed E-state index contributed by atoms with van der Waals surface area (Å²) in [5, 5.41) is 9.69. The van der Waals surface area contributed by atoms with Gasteiger partial charge in [-0.05, 0) is 25.1 Å². The number of aryl methyl sites for hydroxylation is 1. The van der Waals surface area contributed by atoms with Gasteiger partial charge in [-0.3, -0.25) is 15.1 Å². The second-order valence-corrected chi connectivity index (χ2v) is 6.94. The van der Waals surface area contributed by atoms with Crippen LogP contribution in [0.4, 0.5) is 5.13 Å². The minimum atomic E-state index is -0.348. The average molecular weight is 397 g/mol. The number of anilines is 1. The summed E-state index contributed by atoms with van der Waals surface area (Å²) in [6, 6.07) is 10.9. The molecule has 1 N–H and O–H groups in total. The summed E-state index contributed by atoms with van der Waals surface area (Å²) in [6.07, 6.45) is 3.40. The predicted octanol–water partition coefficient (Wildman–Crippen LogP) is 5.07. The summed E-state index contributed by atoms with van der Waals surface area (Å²) >= 11 is 7.59. The molecule has 0 saturated carbocycles. The fourth-order valence-electron chi connectivity index (χ4n) is 2.62. The van der Waals surface area contributed by atoms with Crippen molar-refractivity contribution in [1.29, 1.82) is 0 Å². The summed E-state index contributed by atoms with van der Waals surface area (Å²) in [4.78, 5) is 21.3. The topological polar surface area (TPSA) is 80.9 Å². The molecule has 8 heteroatoms. The summed E-state index contributed by atoms with van der Waals surface area (Å²) in [6.45, 7) is 1.69. The number of amides is 1. The first kappa shape index (κ1) is 17.4. The first-order valence-corrected chi connectivity index (χ1v) is 9.27. The van der Waals surface area contributed by atoms with Crippen LogP contribution in [0.5, 0.6) is 0 Å². The van der Waals surface area contributed by atoms with Gasteiger partial charge in [0, 0.05) is 28.9 Å². The highest BCUT2D eigenvalue weighted by Gasteiger charge is 2.23. The highest BCUT2D eigenvalue weighted by Crippen LogP contribution is 2.32. The number of aromatic nitrogens is 3. The van der Waals surface area contributed by atoms with Crippen LogP contribution in [0.2, 0.25) is 5.02 Å². The Morgan fingerprint density at radius 3 is 2.74 bits per heavy atom. The normalized spacial score (nSPS) is 10.7. The van der Waals surface area contributed by atoms with E-state index in [0.717, 1.165) is 11.3 Å². The van der Waals surface area contributed by atoms with Crippen LogP contribution in [0.15, 0.2) is 58.7 Å². The lowest BCUT2D eigenvalue weighted by atomic mass is 10.1. The van der Waals surface area contributed by atoms with Gasteiger partial charge in [0.05, 0.1) is 10.7 Å². The molecular formula is C19H13ClN4O2S. The molecule has 27 heavy (non-hydrogen) atoms. The highest BCUT2D eigenvalue weighted by molar-refractivity contribution is 7.14. The van der Waals surface area contributed by atoms with Gasteiger partial charge < -0.3 is 4.52 Å². The van der Waals surface area contributed by atoms with Gasteiger partial charge in [0.2, 0.25) is 0 Å². The second-order valence-electron chi connectivity index (χ2n) is 5.67. The molecule has 0 aliphatic carbocycles. The molecule has 134 valence electrons. The van der Waals surface area contributed by atoms with Crippen LogP contribution in [-0.2, 0) is 0 Å². The third-order valence-electron chi connectivity index (χ3n) is 3.92. The average Bonchev–Trinajstić information content (AvgIpc) is 3.29. The van der Waals surface area contributed by atoms with Crippen molar-refractivity contribution in [1.82, 2.24) is 15.1 Å². The Kier molecular flexibility index (Phi) is 4.70. The second kappa shape index (κ2) is 7.30. The fourth-order valence-corrected chi connectivity index (χ4v) is 3.56. The van der Waals surface area contributed by atoms with Crippen LogP contribution in [-0.4, -0.2) is 21.0 Å². The molecule has 0 atom stereocenters. The zero-order valence-electron chi connectivity index (χ0n) is 14.1. The monoisotopic (exact) mass is 396 g/mol. The molecule has 0 aliphatic rings. The molecule has 1 aromatic carbocycles. The van der Waals surface area contributed by atoms with Crippen molar-refractivity contribution < 1.29 is 9.32 Å². The number of benzene rings is 1. The van der Waals surface area contributed by atoms with Crippen molar-refractivity contribution in [2.24, 2.45) is 0 Å². The lowest BCUT2D eigenvalue weighted by Gasteiger charge is -2.04. The highest BCUT2D eigenvalue weighted by atomic mass is 35.5. The molecule has 0 aliphatic heterocycles. The van der Waals surface area contributed by atoms with Crippen molar-refractivity contribution in [3.05, 3.63) is 70.5 Å². The van der Waals surface area contributed by atoms with E-state index in [4.69, 9.17) is 16.1 Å². The number of hydrogen-bond donors (Lipinski definition) is 1. The first-order valence-electron chi connectivity index (χ1n) is 8.02. The molecule has 0 fully saturated rings. The maximum Gasteiger partial charge on any atom is 0.263 e. The number of nitrogens with zero attached hydrogens (tertiary/aromatic N) is 3. The molecule has 3 aromatic heterocycles. The molecule has 0 saturated heterocycles. The lowest BCUT2D eigenvalue weighted by molar-refractivity contribution is 0.102. The number of thiazole rings is 1. The molecular weight excluding hydrogens is 384 g/mol. The Morgan fingerprint density at radius 2 is 1.96 bits per heavy atom. The maximum atomic E-state index is 12.8. The first-order chi connectivity index (χ1) is 13.1. The van der Waals surface area contributed by atoms with Crippen molar-refractivity contribution in [3.63, 3.8) is 0 Å². The van der Waals surface area contributed by atoms with Crippen LogP contribution < -0.4 is 5.32 Å². The van der Waals surface area contributed by atoms with E-state index in [-0.39, 0.29) is 5.91 Å². The molecule has 3 heterocycles. The number of carbonyl (C=O) groups excluding carboxylic acids is 1. The Morgan fingerprint density at radius 1 is 1.19 bits per heavy atom. The SMILES string of the molecule is Cc1onc(-c2ccccc2Cl)c1C(=O)Nc1nc(-c2ccncc2)cs1. The number of nitrogens with one attached hydrogen (secondary N) is 1. The summed E-state index contributed by atoms with van der Waals surface area (Å²) in [5.41, 5.74) is 3.08. The molecule has 4 aromatic rings. The van der Waals surface area contributed by atoms with Gasteiger partial charge >= 0.3 is 0 Å². The molecule has 1 amide bonds. The quantitative estimate of drug-likeness (QED) is 0.520. The van der Waals surface area contributed by atoms with Crippen LogP contribution in [0, 0.1) is 6.92 Å². The van der Waals surface area contributed by atoms with Crippen molar-refractivity contribution >= 4 is 34.0 Å². The van der Waals surface area contributed by atoms with E-state index in [2.05, 4.69) is 20.4 Å². The largest absolute Gasteiger partial charge is 0.360 e. The molecule has 0 unspecified atom stereocenters. The van der Waals surface area contributed by atoms with Gasteiger partial charge in [-0.25, -0.2) is 4.98 Å². The molecule has 6 nitrogen and oxygen atoms in total. The summed E-state index contributed by atoms with van der Waals surface area (Å²) < 4.78 is 5.25. The minimum absolute atomic E-state index is 0.337. The lowest BCUT2D eigenvalue weighted by Crippen LogP contribution is -2.13. The van der Waals surface area contributed by atoms with Crippen molar-refractivity contribution in [2.45, 2.75) is 6.92 Å². The zero-order valence-corrected chi connectivity index (χ0v) is 15.7. The van der Waals surface area contributed by atoms with Gasteiger partial charge in [0.15, 0.2) is 5.13 Å². The fraction of sp³-hybridized carbons (Fsp3) is 0.0526. The Labute approximate surface area is 163 Å². The van der Waals surface area contributed by atoms with Gasteiger partial charge in [-0.1, -0.05) is 35.0 Å². The number of pyridine rings is 1. The Bertz CT molecular complexity index is 1110. The van der Waals surface area contributed by atoms with Gasteiger partial charge in [0.25, 0.3) is 5.91 Å². The minimum Gasteiger partial charge on any atom is -0.360 e. The standard InChI is InChI=1S/C19H13ClN4O2S/c1-11-16(17(24-26-11)13-4-2-3-5-14(13)20)18(25)23-19-22-15(10-27-19)12-6-8-21-9-7-12/h2-10H,1H3,(H,22,23,25). The van der Waals surface area contributed by atoms with Crippen LogP contribution in [0.25, 0.3) is 22.5 Å². The van der Waals surface area contributed by atoms with Crippen molar-refractivity contribution in [3.8, 4) is 22.5 Å². The molecule has 0 radical (unpaired) electrons. The van der Waals surface area contributed by atoms with Crippen molar-refractivity contribution in [2.75, 3.05) is 5.32 Å². The van der Waals surface area contributed by atoms with Gasteiger partial charge in [-0.15, -0.1) is 11.3 Å². The summed E-state index contributed by atoms with van der Waals surface area (Å²) in [7, 11) is 0. The third kappa shape index (κ3) is 3.47. The number of carbonyl (C=O) groups is 1. The van der Waals surface area contributed by atoms with E-state index in [1.165, 1.54) is 11.3 Å². The molecule has 0 bridgehead atoms. The number of hydrogen-bond acceptors (Lipinski definition) is 6. The van der Waals surface area contributed by atoms with E-state index < -0.39 is 0 Å². The number of halogens is 1. The zero-order chi connectivity index (χ0) is 18.8. The van der Waals surface area contributed by atoms with Crippen LogP contribution in [0.3, 0.4) is 0 Å². The Hall–Kier alpha value is -3.03. The Balaban J connectivity index is 1.63. The maximum absolute atomic E-state index is 12.8. The number of rotatable bonds is 4. The molecule has 0 spiro atoms.